The lowest BCUT2D eigenvalue weighted by atomic mass is 10.0. The molecule has 1 aromatic rings. The summed E-state index contributed by atoms with van der Waals surface area (Å²) in [6.45, 7) is 3.69. The fraction of sp³-hybridized carbons (Fsp3) is 0.538. The van der Waals surface area contributed by atoms with Gasteiger partial charge in [-0.1, -0.05) is 13.8 Å². The quantitative estimate of drug-likeness (QED) is 0.777. The van der Waals surface area contributed by atoms with E-state index in [1.165, 1.54) is 12.1 Å². The second-order valence-electron chi connectivity index (χ2n) is 5.33. The standard InChI is InChI=1S/C13H19NO6S/c1-8(2)6-10(13(16)17)14-12(15)11-5-4-9(20-11)7-21(3,18)19/h4-5,8,10H,6-7H2,1-3H3,(H,14,15)(H,16,17). The molecule has 0 aliphatic carbocycles. The van der Waals surface area contributed by atoms with Gasteiger partial charge in [0.05, 0.1) is 0 Å². The van der Waals surface area contributed by atoms with Crippen LogP contribution in [-0.2, 0) is 20.4 Å². The van der Waals surface area contributed by atoms with Gasteiger partial charge < -0.3 is 14.8 Å². The Bertz CT molecular complexity index is 616. The average Bonchev–Trinajstić information content (AvgIpc) is 2.73. The fourth-order valence-corrected chi connectivity index (χ4v) is 2.43. The van der Waals surface area contributed by atoms with Crippen LogP contribution >= 0.6 is 0 Å². The molecule has 0 aliphatic rings. The zero-order chi connectivity index (χ0) is 16.2. The number of rotatable bonds is 7. The molecule has 1 aromatic heterocycles. The molecule has 0 radical (unpaired) electrons. The van der Waals surface area contributed by atoms with Crippen molar-refractivity contribution in [1.82, 2.24) is 5.32 Å². The van der Waals surface area contributed by atoms with Gasteiger partial charge in [0.25, 0.3) is 5.91 Å². The second kappa shape index (κ2) is 6.75. The molecular formula is C13H19NO6S. The Morgan fingerprint density at radius 2 is 1.95 bits per heavy atom. The summed E-state index contributed by atoms with van der Waals surface area (Å²) in [5.41, 5.74) is 0. The van der Waals surface area contributed by atoms with E-state index in [-0.39, 0.29) is 29.6 Å². The van der Waals surface area contributed by atoms with Crippen LogP contribution < -0.4 is 5.32 Å². The molecule has 118 valence electrons. The Balaban J connectivity index is 2.77. The van der Waals surface area contributed by atoms with Crippen LogP contribution in [0.5, 0.6) is 0 Å². The van der Waals surface area contributed by atoms with Gasteiger partial charge in [0.15, 0.2) is 15.6 Å². The third-order valence-corrected chi connectivity index (χ3v) is 3.41. The van der Waals surface area contributed by atoms with E-state index in [4.69, 9.17) is 9.52 Å². The lowest BCUT2D eigenvalue weighted by Crippen LogP contribution is -2.41. The maximum absolute atomic E-state index is 11.9. The van der Waals surface area contributed by atoms with Crippen LogP contribution in [0.4, 0.5) is 0 Å². The van der Waals surface area contributed by atoms with Gasteiger partial charge in [0.1, 0.15) is 17.6 Å². The van der Waals surface area contributed by atoms with E-state index in [9.17, 15) is 18.0 Å². The van der Waals surface area contributed by atoms with Crippen LogP contribution in [0, 0.1) is 5.92 Å². The highest BCUT2D eigenvalue weighted by Gasteiger charge is 2.23. The normalized spacial score (nSPS) is 13.1. The van der Waals surface area contributed by atoms with E-state index in [0.29, 0.717) is 0 Å². The number of carbonyl (C=O) groups is 2. The van der Waals surface area contributed by atoms with Crippen LogP contribution in [0.3, 0.4) is 0 Å². The van der Waals surface area contributed by atoms with Crippen molar-refractivity contribution in [1.29, 1.82) is 0 Å². The van der Waals surface area contributed by atoms with E-state index in [1.54, 1.807) is 0 Å². The number of hydrogen-bond donors (Lipinski definition) is 2. The Morgan fingerprint density at radius 3 is 2.43 bits per heavy atom. The number of amides is 1. The number of carbonyl (C=O) groups excluding carboxylic acids is 1. The highest BCUT2D eigenvalue weighted by molar-refractivity contribution is 7.89. The number of nitrogens with one attached hydrogen (secondary N) is 1. The Labute approximate surface area is 123 Å². The molecule has 1 heterocycles. The van der Waals surface area contributed by atoms with Crippen LogP contribution in [0.1, 0.15) is 36.6 Å². The molecule has 1 amide bonds. The maximum atomic E-state index is 11.9. The molecule has 0 saturated heterocycles. The van der Waals surface area contributed by atoms with Gasteiger partial charge >= 0.3 is 5.97 Å². The highest BCUT2D eigenvalue weighted by Crippen LogP contribution is 2.12. The van der Waals surface area contributed by atoms with Gasteiger partial charge in [-0.05, 0) is 24.5 Å². The summed E-state index contributed by atoms with van der Waals surface area (Å²) in [6.07, 6.45) is 1.34. The molecule has 1 unspecified atom stereocenters. The summed E-state index contributed by atoms with van der Waals surface area (Å²) in [4.78, 5) is 23.0. The Hall–Kier alpha value is -1.83. The summed E-state index contributed by atoms with van der Waals surface area (Å²) in [5, 5.41) is 11.4. The van der Waals surface area contributed by atoms with Crippen LogP contribution in [0.2, 0.25) is 0 Å². The molecule has 0 spiro atoms. The number of carboxylic acids is 1. The minimum absolute atomic E-state index is 0.101. The van der Waals surface area contributed by atoms with E-state index in [1.807, 2.05) is 13.8 Å². The van der Waals surface area contributed by atoms with Gasteiger partial charge in [0.2, 0.25) is 0 Å². The summed E-state index contributed by atoms with van der Waals surface area (Å²) in [5.74, 6) is -1.98. The zero-order valence-electron chi connectivity index (χ0n) is 12.1. The highest BCUT2D eigenvalue weighted by atomic mass is 32.2. The van der Waals surface area contributed by atoms with E-state index < -0.39 is 27.8 Å². The van der Waals surface area contributed by atoms with Gasteiger partial charge in [0, 0.05) is 6.26 Å². The number of sulfone groups is 1. The van der Waals surface area contributed by atoms with Crippen molar-refractivity contribution in [3.63, 3.8) is 0 Å². The average molecular weight is 317 g/mol. The number of furan rings is 1. The van der Waals surface area contributed by atoms with Crippen LogP contribution in [0.25, 0.3) is 0 Å². The van der Waals surface area contributed by atoms with Gasteiger partial charge in [-0.25, -0.2) is 13.2 Å². The summed E-state index contributed by atoms with van der Waals surface area (Å²) in [6, 6.07) is 1.69. The number of hydrogen-bond acceptors (Lipinski definition) is 5. The third kappa shape index (κ3) is 5.99. The first-order valence-corrected chi connectivity index (χ1v) is 8.44. The summed E-state index contributed by atoms with van der Waals surface area (Å²) in [7, 11) is -3.26. The molecule has 0 saturated carbocycles. The van der Waals surface area contributed by atoms with Crippen molar-refractivity contribution < 1.29 is 27.5 Å². The molecular weight excluding hydrogens is 298 g/mol. The minimum Gasteiger partial charge on any atom is -0.480 e. The summed E-state index contributed by atoms with van der Waals surface area (Å²) >= 11 is 0. The molecule has 2 N–H and O–H groups in total. The first-order valence-electron chi connectivity index (χ1n) is 6.38. The lowest BCUT2D eigenvalue weighted by molar-refractivity contribution is -0.139. The first-order chi connectivity index (χ1) is 9.58. The van der Waals surface area contributed by atoms with E-state index >= 15 is 0 Å². The van der Waals surface area contributed by atoms with E-state index in [0.717, 1.165) is 6.26 Å². The zero-order valence-corrected chi connectivity index (χ0v) is 12.9. The fourth-order valence-electron chi connectivity index (χ4n) is 1.76. The predicted octanol–water partition coefficient (Wildman–Crippen LogP) is 1.05. The van der Waals surface area contributed by atoms with Crippen molar-refractivity contribution in [3.8, 4) is 0 Å². The first kappa shape index (κ1) is 17.2. The molecule has 0 fully saturated rings. The molecule has 1 rings (SSSR count). The predicted molar refractivity (Wildman–Crippen MR) is 75.6 cm³/mol. The van der Waals surface area contributed by atoms with Gasteiger partial charge in [-0.2, -0.15) is 0 Å². The molecule has 0 bridgehead atoms. The monoisotopic (exact) mass is 317 g/mol. The molecule has 0 aliphatic heterocycles. The Kier molecular flexibility index (Phi) is 5.54. The molecule has 1 atom stereocenters. The van der Waals surface area contributed by atoms with E-state index in [2.05, 4.69) is 5.32 Å². The molecule has 21 heavy (non-hydrogen) atoms. The van der Waals surface area contributed by atoms with Crippen molar-refractivity contribution in [2.75, 3.05) is 6.26 Å². The Morgan fingerprint density at radius 1 is 1.33 bits per heavy atom. The second-order valence-corrected chi connectivity index (χ2v) is 7.47. The largest absolute Gasteiger partial charge is 0.480 e. The molecule has 7 nitrogen and oxygen atoms in total. The van der Waals surface area contributed by atoms with Crippen molar-refractivity contribution in [2.24, 2.45) is 5.92 Å². The number of aliphatic carboxylic acids is 1. The number of carboxylic acid groups (broad SMARTS) is 1. The lowest BCUT2D eigenvalue weighted by Gasteiger charge is -2.15. The van der Waals surface area contributed by atoms with Crippen LogP contribution in [-0.4, -0.2) is 37.7 Å². The topological polar surface area (TPSA) is 114 Å². The van der Waals surface area contributed by atoms with Gasteiger partial charge in [-0.15, -0.1) is 0 Å². The molecule has 8 heteroatoms. The summed E-state index contributed by atoms with van der Waals surface area (Å²) < 4.78 is 27.4. The van der Waals surface area contributed by atoms with Crippen molar-refractivity contribution in [2.45, 2.75) is 32.1 Å². The smallest absolute Gasteiger partial charge is 0.326 e. The molecule has 0 aromatic carbocycles. The SMILES string of the molecule is CC(C)CC(NC(=O)c1ccc(CS(C)(=O)=O)o1)C(=O)O. The minimum atomic E-state index is -3.26. The van der Waals surface area contributed by atoms with Crippen molar-refractivity contribution in [3.05, 3.63) is 23.7 Å². The van der Waals surface area contributed by atoms with Crippen LogP contribution in [0.15, 0.2) is 16.5 Å². The third-order valence-electron chi connectivity index (χ3n) is 2.60. The van der Waals surface area contributed by atoms with Crippen molar-refractivity contribution >= 4 is 21.7 Å². The van der Waals surface area contributed by atoms with Gasteiger partial charge in [-0.3, -0.25) is 4.79 Å². The maximum Gasteiger partial charge on any atom is 0.326 e.